The molecule has 2 aromatic heterocycles. The molecule has 3 aromatic rings. The van der Waals surface area contributed by atoms with Crippen LogP contribution in [0.15, 0.2) is 45.9 Å². The molecule has 0 fully saturated rings. The minimum Gasteiger partial charge on any atom is -0.229 e. The Morgan fingerprint density at radius 2 is 2.11 bits per heavy atom. The maximum atomic E-state index is 13.1. The van der Waals surface area contributed by atoms with Gasteiger partial charge in [0, 0.05) is 10.3 Å². The van der Waals surface area contributed by atoms with Gasteiger partial charge in [-0.2, -0.15) is 0 Å². The molecular formula is C12H6ClFN2S2. The molecule has 0 amide bonds. The van der Waals surface area contributed by atoms with Crippen molar-refractivity contribution < 1.29 is 4.39 Å². The van der Waals surface area contributed by atoms with Crippen molar-refractivity contribution in [2.75, 3.05) is 0 Å². The smallest absolute Gasteiger partial charge is 0.141 e. The number of aromatic nitrogens is 2. The van der Waals surface area contributed by atoms with E-state index in [9.17, 15) is 4.39 Å². The summed E-state index contributed by atoms with van der Waals surface area (Å²) in [4.78, 5) is 10.2. The summed E-state index contributed by atoms with van der Waals surface area (Å²) in [6.07, 6.45) is 1.53. The number of hydrogen-bond acceptors (Lipinski definition) is 4. The Morgan fingerprint density at radius 3 is 2.94 bits per heavy atom. The van der Waals surface area contributed by atoms with Crippen LogP contribution < -0.4 is 0 Å². The Hall–Kier alpha value is -1.17. The van der Waals surface area contributed by atoms with Crippen molar-refractivity contribution >= 4 is 44.9 Å². The summed E-state index contributed by atoms with van der Waals surface area (Å²) in [6, 6.07) is 6.62. The van der Waals surface area contributed by atoms with Crippen LogP contribution >= 0.6 is 34.7 Å². The van der Waals surface area contributed by atoms with E-state index in [1.165, 1.54) is 24.2 Å². The van der Waals surface area contributed by atoms with Crippen molar-refractivity contribution in [3.8, 4) is 0 Å². The number of hydrogen-bond donors (Lipinski definition) is 0. The molecule has 6 heteroatoms. The number of nitrogens with zero attached hydrogens (tertiary/aromatic N) is 2. The number of halogens is 2. The second kappa shape index (κ2) is 4.84. The van der Waals surface area contributed by atoms with Gasteiger partial charge in [0.05, 0.1) is 5.02 Å². The van der Waals surface area contributed by atoms with Crippen LogP contribution in [-0.4, -0.2) is 9.97 Å². The third-order valence-corrected chi connectivity index (χ3v) is 4.45. The van der Waals surface area contributed by atoms with Crippen LogP contribution in [0.5, 0.6) is 0 Å². The predicted octanol–water partition coefficient (Wildman–Crippen LogP) is 4.64. The quantitative estimate of drug-likeness (QED) is 0.645. The van der Waals surface area contributed by atoms with Gasteiger partial charge in [0.15, 0.2) is 0 Å². The third kappa shape index (κ3) is 2.21. The van der Waals surface area contributed by atoms with Gasteiger partial charge in [-0.15, -0.1) is 11.3 Å². The molecule has 18 heavy (non-hydrogen) atoms. The second-order valence-corrected chi connectivity index (χ2v) is 5.86. The molecule has 0 saturated heterocycles. The molecule has 0 spiro atoms. The molecule has 0 aliphatic heterocycles. The van der Waals surface area contributed by atoms with Crippen molar-refractivity contribution in [3.63, 3.8) is 0 Å². The molecule has 90 valence electrons. The maximum Gasteiger partial charge on any atom is 0.141 e. The summed E-state index contributed by atoms with van der Waals surface area (Å²) < 4.78 is 13.1. The molecular weight excluding hydrogens is 291 g/mol. The molecule has 0 unspecified atom stereocenters. The highest BCUT2D eigenvalue weighted by Gasteiger charge is 2.08. The second-order valence-electron chi connectivity index (χ2n) is 3.50. The Kier molecular flexibility index (Phi) is 3.20. The van der Waals surface area contributed by atoms with Crippen LogP contribution in [0.1, 0.15) is 0 Å². The molecule has 2 nitrogen and oxygen atoms in total. The van der Waals surface area contributed by atoms with E-state index in [1.54, 1.807) is 23.5 Å². The van der Waals surface area contributed by atoms with E-state index in [2.05, 4.69) is 9.97 Å². The van der Waals surface area contributed by atoms with Crippen molar-refractivity contribution in [2.24, 2.45) is 0 Å². The molecule has 3 rings (SSSR count). The lowest BCUT2D eigenvalue weighted by Crippen LogP contribution is -1.84. The molecule has 0 atom stereocenters. The molecule has 0 aliphatic rings. The minimum absolute atomic E-state index is 0.121. The lowest BCUT2D eigenvalue weighted by Gasteiger charge is -2.03. The number of fused-ring (bicyclic) bond motifs is 1. The van der Waals surface area contributed by atoms with Crippen LogP contribution in [0.25, 0.3) is 10.2 Å². The van der Waals surface area contributed by atoms with E-state index in [-0.39, 0.29) is 5.02 Å². The average molecular weight is 297 g/mol. The zero-order chi connectivity index (χ0) is 12.5. The third-order valence-electron chi connectivity index (χ3n) is 2.33. The molecule has 0 saturated carbocycles. The Balaban J connectivity index is 2.01. The fraction of sp³-hybridized carbons (Fsp3) is 0. The zero-order valence-electron chi connectivity index (χ0n) is 8.93. The van der Waals surface area contributed by atoms with Crippen LogP contribution in [-0.2, 0) is 0 Å². The Morgan fingerprint density at radius 1 is 1.22 bits per heavy atom. The molecule has 2 heterocycles. The van der Waals surface area contributed by atoms with Gasteiger partial charge < -0.3 is 0 Å². The average Bonchev–Trinajstić information content (AvgIpc) is 2.83. The van der Waals surface area contributed by atoms with Gasteiger partial charge in [0.25, 0.3) is 0 Å². The molecule has 0 bridgehead atoms. The van der Waals surface area contributed by atoms with Crippen LogP contribution in [0, 0.1) is 5.82 Å². The summed E-state index contributed by atoms with van der Waals surface area (Å²) >= 11 is 8.77. The molecule has 0 radical (unpaired) electrons. The summed E-state index contributed by atoms with van der Waals surface area (Å²) in [5.41, 5.74) is 0. The van der Waals surface area contributed by atoms with Gasteiger partial charge in [-0.05, 0) is 29.6 Å². The highest BCUT2D eigenvalue weighted by Crippen LogP contribution is 2.34. The van der Waals surface area contributed by atoms with Gasteiger partial charge in [-0.25, -0.2) is 14.4 Å². The van der Waals surface area contributed by atoms with Gasteiger partial charge >= 0.3 is 0 Å². The van der Waals surface area contributed by atoms with Crippen LogP contribution in [0.3, 0.4) is 0 Å². The molecule has 0 N–H and O–H groups in total. The largest absolute Gasteiger partial charge is 0.229 e. The highest BCUT2D eigenvalue weighted by atomic mass is 35.5. The first-order chi connectivity index (χ1) is 8.74. The summed E-state index contributed by atoms with van der Waals surface area (Å²) in [5.74, 6) is -0.413. The van der Waals surface area contributed by atoms with Gasteiger partial charge in [0.2, 0.25) is 0 Å². The Bertz CT molecular complexity index is 714. The van der Waals surface area contributed by atoms with Crippen LogP contribution in [0.4, 0.5) is 4.39 Å². The van der Waals surface area contributed by atoms with E-state index in [0.29, 0.717) is 0 Å². The van der Waals surface area contributed by atoms with Crippen molar-refractivity contribution in [1.29, 1.82) is 0 Å². The van der Waals surface area contributed by atoms with E-state index in [4.69, 9.17) is 11.6 Å². The molecule has 0 aliphatic carbocycles. The summed E-state index contributed by atoms with van der Waals surface area (Å²) in [6.45, 7) is 0. The first-order valence-electron chi connectivity index (χ1n) is 5.05. The monoisotopic (exact) mass is 296 g/mol. The number of thiophene rings is 1. The Labute approximate surface area is 116 Å². The van der Waals surface area contributed by atoms with Gasteiger partial charge in [0.1, 0.15) is 22.0 Å². The topological polar surface area (TPSA) is 25.8 Å². The lowest BCUT2D eigenvalue weighted by atomic mass is 10.3. The van der Waals surface area contributed by atoms with Crippen molar-refractivity contribution in [3.05, 3.63) is 46.8 Å². The first kappa shape index (κ1) is 11.9. The minimum atomic E-state index is -0.413. The number of benzene rings is 1. The predicted molar refractivity (Wildman–Crippen MR) is 72.9 cm³/mol. The van der Waals surface area contributed by atoms with E-state index < -0.39 is 5.82 Å². The molecule has 1 aromatic carbocycles. The SMILES string of the molecule is Fc1ccc(Sc2ncnc3sccc23)cc1Cl. The van der Waals surface area contributed by atoms with Gasteiger partial charge in [-0.3, -0.25) is 0 Å². The lowest BCUT2D eigenvalue weighted by molar-refractivity contribution is 0.627. The van der Waals surface area contributed by atoms with E-state index in [1.807, 2.05) is 11.4 Å². The first-order valence-corrected chi connectivity index (χ1v) is 7.12. The van der Waals surface area contributed by atoms with Gasteiger partial charge in [-0.1, -0.05) is 23.4 Å². The summed E-state index contributed by atoms with van der Waals surface area (Å²) in [7, 11) is 0. The van der Waals surface area contributed by atoms with Crippen molar-refractivity contribution in [1.82, 2.24) is 9.97 Å². The van der Waals surface area contributed by atoms with E-state index >= 15 is 0 Å². The normalized spacial score (nSPS) is 11.0. The highest BCUT2D eigenvalue weighted by molar-refractivity contribution is 7.99. The number of rotatable bonds is 2. The maximum absolute atomic E-state index is 13.1. The fourth-order valence-electron chi connectivity index (χ4n) is 1.50. The fourth-order valence-corrected chi connectivity index (χ4v) is 3.45. The van der Waals surface area contributed by atoms with Crippen LogP contribution in [0.2, 0.25) is 5.02 Å². The zero-order valence-corrected chi connectivity index (χ0v) is 11.3. The summed E-state index contributed by atoms with van der Waals surface area (Å²) in [5, 5.41) is 3.95. The van der Waals surface area contributed by atoms with Crippen molar-refractivity contribution in [2.45, 2.75) is 9.92 Å². The van der Waals surface area contributed by atoms with E-state index in [0.717, 1.165) is 20.1 Å². The standard InChI is InChI=1S/C12H6ClFN2S2/c13-9-5-7(1-2-10(9)14)18-12-8-3-4-17-11(8)15-6-16-12/h1-6H.